The molecule has 222 valence electrons. The van der Waals surface area contributed by atoms with Gasteiger partial charge in [-0.1, -0.05) is 146 Å². The fourth-order valence-electron chi connectivity index (χ4n) is 7.33. The number of fused-ring (bicyclic) bond motifs is 3. The summed E-state index contributed by atoms with van der Waals surface area (Å²) >= 11 is 0. The van der Waals surface area contributed by atoms with E-state index in [-0.39, 0.29) is 0 Å². The molecule has 8 aromatic rings. The van der Waals surface area contributed by atoms with Gasteiger partial charge < -0.3 is 0 Å². The van der Waals surface area contributed by atoms with Crippen LogP contribution in [0.15, 0.2) is 164 Å². The highest BCUT2D eigenvalue weighted by Crippen LogP contribution is 2.45. The number of benzene rings is 7. The van der Waals surface area contributed by atoms with Gasteiger partial charge in [0.05, 0.1) is 11.0 Å². The molecule has 1 heterocycles. The lowest BCUT2D eigenvalue weighted by Crippen LogP contribution is -2.03. The van der Waals surface area contributed by atoms with E-state index >= 15 is 0 Å². The third kappa shape index (κ3) is 4.69. The Balaban J connectivity index is 1.20. The summed E-state index contributed by atoms with van der Waals surface area (Å²) < 4.78 is 2.28. The second-order valence-electron chi connectivity index (χ2n) is 12.2. The highest BCUT2D eigenvalue weighted by atomic mass is 15.1. The largest absolute Gasteiger partial charge is 0.292 e. The molecule has 0 unspecified atom stereocenters. The van der Waals surface area contributed by atoms with Gasteiger partial charge in [0.15, 0.2) is 0 Å². The lowest BCUT2D eigenvalue weighted by atomic mass is 9.80. The molecular formula is C45H32N2. The molecule has 1 aliphatic rings. The Labute approximate surface area is 274 Å². The summed E-state index contributed by atoms with van der Waals surface area (Å²) in [5.74, 6) is 0.952. The Morgan fingerprint density at radius 2 is 1.02 bits per heavy atom. The molecule has 0 aliphatic heterocycles. The van der Waals surface area contributed by atoms with Gasteiger partial charge in [0, 0.05) is 11.3 Å². The first-order valence-electron chi connectivity index (χ1n) is 16.4. The second kappa shape index (κ2) is 11.4. The summed E-state index contributed by atoms with van der Waals surface area (Å²) in [5.41, 5.74) is 14.7. The van der Waals surface area contributed by atoms with E-state index in [4.69, 9.17) is 4.98 Å². The first kappa shape index (κ1) is 27.3. The number of rotatable bonds is 5. The second-order valence-corrected chi connectivity index (χ2v) is 12.2. The van der Waals surface area contributed by atoms with Crippen molar-refractivity contribution >= 4 is 27.9 Å². The summed E-state index contributed by atoms with van der Waals surface area (Å²) in [5, 5.41) is 2.59. The van der Waals surface area contributed by atoms with E-state index in [1.54, 1.807) is 0 Å². The Kier molecular flexibility index (Phi) is 6.64. The van der Waals surface area contributed by atoms with Crippen molar-refractivity contribution in [3.63, 3.8) is 0 Å². The van der Waals surface area contributed by atoms with E-state index in [9.17, 15) is 0 Å². The monoisotopic (exact) mass is 600 g/mol. The van der Waals surface area contributed by atoms with Crippen LogP contribution >= 0.6 is 0 Å². The summed E-state index contributed by atoms with van der Waals surface area (Å²) in [6, 6.07) is 56.6. The van der Waals surface area contributed by atoms with Gasteiger partial charge in [-0.2, -0.15) is 0 Å². The molecular weight excluding hydrogens is 569 g/mol. The molecule has 47 heavy (non-hydrogen) atoms. The lowest BCUT2D eigenvalue weighted by molar-refractivity contribution is 0.991. The van der Waals surface area contributed by atoms with Crippen LogP contribution in [0.4, 0.5) is 0 Å². The molecule has 0 saturated heterocycles. The minimum Gasteiger partial charge on any atom is -0.292 e. The van der Waals surface area contributed by atoms with Crippen LogP contribution in [0, 0.1) is 0 Å². The smallest absolute Gasteiger partial charge is 0.145 e. The predicted molar refractivity (Wildman–Crippen MR) is 198 cm³/mol. The van der Waals surface area contributed by atoms with Crippen molar-refractivity contribution in [2.45, 2.75) is 12.8 Å². The number of aromatic nitrogens is 2. The summed E-state index contributed by atoms with van der Waals surface area (Å²) in [6.07, 6.45) is 6.77. The zero-order valence-electron chi connectivity index (χ0n) is 26.0. The first-order chi connectivity index (χ1) is 23.3. The fraction of sp³-hybridized carbons (Fsp3) is 0.0444. The number of para-hydroxylation sites is 2. The molecule has 7 aromatic carbocycles. The molecule has 0 saturated carbocycles. The van der Waals surface area contributed by atoms with Gasteiger partial charge in [-0.25, -0.2) is 4.98 Å². The zero-order valence-corrected chi connectivity index (χ0v) is 26.0. The van der Waals surface area contributed by atoms with Crippen molar-refractivity contribution in [3.8, 4) is 50.5 Å². The van der Waals surface area contributed by atoms with Crippen LogP contribution in [0.5, 0.6) is 0 Å². The van der Waals surface area contributed by atoms with Crippen molar-refractivity contribution in [1.29, 1.82) is 0 Å². The maximum Gasteiger partial charge on any atom is 0.145 e. The summed E-state index contributed by atoms with van der Waals surface area (Å²) in [4.78, 5) is 5.05. The first-order valence-corrected chi connectivity index (χ1v) is 16.4. The maximum atomic E-state index is 5.05. The molecule has 0 atom stereocenters. The standard InChI is InChI=1S/C45H32N2/c1-3-13-31(14-4-1)32-23-25-33(26-24-32)43-37-17-7-9-19-39(37)44(40-20-10-8-18-38(40)43)34-27-29-36(30-28-34)47-42-22-12-11-21-41(42)46-45(47)35-15-5-2-6-16-35/h1-7,9-17,19-30H,8,18H2. The molecule has 1 aliphatic carbocycles. The van der Waals surface area contributed by atoms with Crippen LogP contribution in [0.2, 0.25) is 0 Å². The van der Waals surface area contributed by atoms with Crippen LogP contribution in [0.3, 0.4) is 0 Å². The minimum absolute atomic E-state index is 0.952. The van der Waals surface area contributed by atoms with Crippen molar-refractivity contribution in [1.82, 2.24) is 9.55 Å². The molecule has 0 fully saturated rings. The van der Waals surface area contributed by atoms with E-state index in [0.29, 0.717) is 0 Å². The van der Waals surface area contributed by atoms with Crippen molar-refractivity contribution in [3.05, 3.63) is 175 Å². The van der Waals surface area contributed by atoms with Gasteiger partial charge >= 0.3 is 0 Å². The molecule has 0 radical (unpaired) electrons. The summed E-state index contributed by atoms with van der Waals surface area (Å²) in [6.45, 7) is 0. The van der Waals surface area contributed by atoms with Gasteiger partial charge in [0.1, 0.15) is 5.82 Å². The van der Waals surface area contributed by atoms with Crippen molar-refractivity contribution in [2.24, 2.45) is 0 Å². The third-order valence-corrected chi connectivity index (χ3v) is 9.50. The van der Waals surface area contributed by atoms with Crippen LogP contribution in [-0.4, -0.2) is 9.55 Å². The Morgan fingerprint density at radius 1 is 0.468 bits per heavy atom. The van der Waals surface area contributed by atoms with Crippen molar-refractivity contribution < 1.29 is 0 Å². The molecule has 0 N–H and O–H groups in total. The van der Waals surface area contributed by atoms with Crippen LogP contribution in [0.25, 0.3) is 78.3 Å². The lowest BCUT2D eigenvalue weighted by Gasteiger charge is -2.24. The number of hydrogen-bond acceptors (Lipinski definition) is 1. The average molecular weight is 601 g/mol. The molecule has 0 amide bonds. The topological polar surface area (TPSA) is 17.8 Å². The zero-order chi connectivity index (χ0) is 31.2. The third-order valence-electron chi connectivity index (χ3n) is 9.50. The quantitative estimate of drug-likeness (QED) is 0.192. The minimum atomic E-state index is 0.952. The highest BCUT2D eigenvalue weighted by Gasteiger charge is 2.22. The number of nitrogens with zero attached hydrogens (tertiary/aromatic N) is 2. The molecule has 0 bridgehead atoms. The van der Waals surface area contributed by atoms with Crippen LogP contribution in [0.1, 0.15) is 17.5 Å². The van der Waals surface area contributed by atoms with Crippen molar-refractivity contribution in [2.75, 3.05) is 0 Å². The van der Waals surface area contributed by atoms with Gasteiger partial charge in [0.2, 0.25) is 0 Å². The van der Waals surface area contributed by atoms with Crippen LogP contribution in [-0.2, 0) is 6.42 Å². The fourth-order valence-corrected chi connectivity index (χ4v) is 7.33. The summed E-state index contributed by atoms with van der Waals surface area (Å²) in [7, 11) is 0. The van der Waals surface area contributed by atoms with E-state index in [1.165, 1.54) is 55.3 Å². The predicted octanol–water partition coefficient (Wildman–Crippen LogP) is 11.8. The normalized spacial score (nSPS) is 12.4. The van der Waals surface area contributed by atoms with Gasteiger partial charge in [0.25, 0.3) is 0 Å². The maximum absolute atomic E-state index is 5.05. The van der Waals surface area contributed by atoms with E-state index < -0.39 is 0 Å². The van der Waals surface area contributed by atoms with E-state index in [0.717, 1.165) is 41.0 Å². The number of allylic oxidation sites excluding steroid dienone is 1. The van der Waals surface area contributed by atoms with Gasteiger partial charge in [-0.3, -0.25) is 4.57 Å². The highest BCUT2D eigenvalue weighted by molar-refractivity contribution is 6.10. The molecule has 2 heteroatoms. The number of imidazole rings is 1. The number of hydrogen-bond donors (Lipinski definition) is 0. The molecule has 0 spiro atoms. The van der Waals surface area contributed by atoms with Gasteiger partial charge in [-0.05, 0) is 92.4 Å². The Bertz CT molecular complexity index is 2410. The molecule has 2 nitrogen and oxygen atoms in total. The van der Waals surface area contributed by atoms with Gasteiger partial charge in [-0.15, -0.1) is 0 Å². The average Bonchev–Trinajstić information content (AvgIpc) is 3.54. The van der Waals surface area contributed by atoms with E-state index in [1.807, 2.05) is 0 Å². The van der Waals surface area contributed by atoms with Crippen LogP contribution < -0.4 is 0 Å². The Morgan fingerprint density at radius 3 is 1.77 bits per heavy atom. The molecule has 9 rings (SSSR count). The van der Waals surface area contributed by atoms with E-state index in [2.05, 4.69) is 174 Å². The SMILES string of the molecule is C1=Cc2c(c(-c3ccc(-c4ccccc4)cc3)c3ccccc3c2-c2ccc(-n3c(-c4ccccc4)nc4ccccc43)cc2)CC1. The molecule has 1 aromatic heterocycles. The Hall–Kier alpha value is -5.99.